The highest BCUT2D eigenvalue weighted by Crippen LogP contribution is 2.49. The lowest BCUT2D eigenvalue weighted by atomic mass is 9.62. The Labute approximate surface area is 205 Å². The van der Waals surface area contributed by atoms with E-state index >= 15 is 0 Å². The third-order valence-corrected chi connectivity index (χ3v) is 9.30. The van der Waals surface area contributed by atoms with Gasteiger partial charge in [0.1, 0.15) is 0 Å². The van der Waals surface area contributed by atoms with Gasteiger partial charge in [-0.1, -0.05) is 64.3 Å². The van der Waals surface area contributed by atoms with Crippen molar-refractivity contribution in [3.05, 3.63) is 35.4 Å². The minimum Gasteiger partial charge on any atom is -0.481 e. The van der Waals surface area contributed by atoms with Gasteiger partial charge in [0.25, 0.3) is 0 Å². The topological polar surface area (TPSA) is 69.6 Å². The van der Waals surface area contributed by atoms with Gasteiger partial charge in [-0.25, -0.2) is 4.79 Å². The van der Waals surface area contributed by atoms with Crippen LogP contribution in [0, 0.1) is 23.2 Å². The smallest absolute Gasteiger partial charge is 0.317 e. The first kappa shape index (κ1) is 25.1. The van der Waals surface area contributed by atoms with Gasteiger partial charge in [-0.05, 0) is 78.7 Å². The van der Waals surface area contributed by atoms with E-state index in [1.54, 1.807) is 0 Å². The maximum atomic E-state index is 13.4. The van der Waals surface area contributed by atoms with Crippen molar-refractivity contribution < 1.29 is 14.7 Å². The Morgan fingerprint density at radius 3 is 2.62 bits per heavy atom. The molecule has 1 saturated carbocycles. The second-order valence-corrected chi connectivity index (χ2v) is 11.8. The summed E-state index contributed by atoms with van der Waals surface area (Å²) in [5, 5.41) is 13.0. The van der Waals surface area contributed by atoms with Crippen LogP contribution in [0.5, 0.6) is 0 Å². The molecule has 5 nitrogen and oxygen atoms in total. The first-order valence-electron chi connectivity index (χ1n) is 13.7. The highest BCUT2D eigenvalue weighted by molar-refractivity contribution is 5.74. The van der Waals surface area contributed by atoms with Crippen molar-refractivity contribution in [3.63, 3.8) is 0 Å². The number of carbonyl (C=O) groups is 2. The lowest BCUT2D eigenvalue weighted by Crippen LogP contribution is -2.54. The molecule has 5 atom stereocenters. The van der Waals surface area contributed by atoms with Gasteiger partial charge in [-0.15, -0.1) is 0 Å². The number of carboxylic acids is 1. The average molecular weight is 469 g/mol. The SMILES string of the molecule is CCC(C)C(NC(=O)N1CCC2(CC1)Cc1ccccc1C(CC(=O)O)C2)C1CCCC(C)C1. The van der Waals surface area contributed by atoms with E-state index in [1.165, 1.54) is 36.8 Å². The standard InChI is InChI=1S/C29H44N2O3/c1-4-21(3)27(22-10-7-8-20(2)16-22)30-28(34)31-14-12-29(13-15-31)18-23-9-5-6-11-25(23)24(19-29)17-26(32)33/h5-6,9,11,20-22,24,27H,4,7-8,10,12-19H2,1-3H3,(H,30,34)(H,32,33). The zero-order chi connectivity index (χ0) is 24.3. The Morgan fingerprint density at radius 1 is 1.21 bits per heavy atom. The average Bonchev–Trinajstić information content (AvgIpc) is 2.82. The Kier molecular flexibility index (Phi) is 7.89. The molecule has 1 heterocycles. The molecule has 2 aliphatic carbocycles. The molecule has 2 N–H and O–H groups in total. The van der Waals surface area contributed by atoms with Gasteiger partial charge in [0, 0.05) is 19.1 Å². The molecule has 0 radical (unpaired) electrons. The molecule has 1 saturated heterocycles. The molecule has 1 aromatic rings. The summed E-state index contributed by atoms with van der Waals surface area (Å²) in [5.74, 6) is 1.19. The van der Waals surface area contributed by atoms with Gasteiger partial charge >= 0.3 is 12.0 Å². The fraction of sp³-hybridized carbons (Fsp3) is 0.724. The molecule has 3 aliphatic rings. The molecule has 2 fully saturated rings. The zero-order valence-corrected chi connectivity index (χ0v) is 21.4. The second-order valence-electron chi connectivity index (χ2n) is 11.8. The molecule has 0 bridgehead atoms. The van der Waals surface area contributed by atoms with Crippen molar-refractivity contribution in [3.8, 4) is 0 Å². The fourth-order valence-corrected chi connectivity index (χ4v) is 7.18. The largest absolute Gasteiger partial charge is 0.481 e. The number of carbonyl (C=O) groups excluding carboxylic acids is 1. The Balaban J connectivity index is 1.40. The van der Waals surface area contributed by atoms with Crippen molar-refractivity contribution in [2.24, 2.45) is 23.2 Å². The summed E-state index contributed by atoms with van der Waals surface area (Å²) in [7, 11) is 0. The van der Waals surface area contributed by atoms with E-state index in [0.29, 0.717) is 11.8 Å². The molecular formula is C29H44N2O3. The Morgan fingerprint density at radius 2 is 1.94 bits per heavy atom. The number of hydrogen-bond acceptors (Lipinski definition) is 2. The van der Waals surface area contributed by atoms with Crippen molar-refractivity contribution in [1.29, 1.82) is 0 Å². The van der Waals surface area contributed by atoms with Crippen LogP contribution in [-0.4, -0.2) is 41.1 Å². The highest BCUT2D eigenvalue weighted by Gasteiger charge is 2.43. The minimum atomic E-state index is -0.721. The molecule has 5 unspecified atom stereocenters. The number of fused-ring (bicyclic) bond motifs is 1. The molecule has 1 aromatic carbocycles. The minimum absolute atomic E-state index is 0.0749. The first-order valence-corrected chi connectivity index (χ1v) is 13.7. The van der Waals surface area contributed by atoms with E-state index in [1.807, 2.05) is 11.0 Å². The second kappa shape index (κ2) is 10.7. The number of aliphatic carboxylic acids is 1. The van der Waals surface area contributed by atoms with Crippen LogP contribution < -0.4 is 5.32 Å². The summed E-state index contributed by atoms with van der Waals surface area (Å²) in [6.45, 7) is 8.41. The summed E-state index contributed by atoms with van der Waals surface area (Å²) in [5.41, 5.74) is 2.63. The number of hydrogen-bond donors (Lipinski definition) is 2. The molecule has 4 rings (SSSR count). The molecular weight excluding hydrogens is 424 g/mol. The van der Waals surface area contributed by atoms with Crippen molar-refractivity contribution in [2.45, 2.75) is 96.9 Å². The summed E-state index contributed by atoms with van der Waals surface area (Å²) in [4.78, 5) is 27.0. The third-order valence-electron chi connectivity index (χ3n) is 9.30. The maximum absolute atomic E-state index is 13.4. The molecule has 1 aliphatic heterocycles. The molecule has 34 heavy (non-hydrogen) atoms. The normalized spacial score (nSPS) is 28.1. The van der Waals surface area contributed by atoms with E-state index in [9.17, 15) is 14.7 Å². The lowest BCUT2D eigenvalue weighted by molar-refractivity contribution is -0.137. The van der Waals surface area contributed by atoms with Crippen molar-refractivity contribution in [2.75, 3.05) is 13.1 Å². The Bertz CT molecular complexity index is 861. The van der Waals surface area contributed by atoms with Gasteiger partial charge in [0.15, 0.2) is 0 Å². The van der Waals surface area contributed by atoms with Crippen LogP contribution in [0.3, 0.4) is 0 Å². The van der Waals surface area contributed by atoms with Gasteiger partial charge in [0.2, 0.25) is 0 Å². The number of urea groups is 1. The number of carboxylic acid groups (broad SMARTS) is 1. The highest BCUT2D eigenvalue weighted by atomic mass is 16.4. The van der Waals surface area contributed by atoms with Gasteiger partial charge < -0.3 is 15.3 Å². The fourth-order valence-electron chi connectivity index (χ4n) is 7.18. The number of nitrogens with zero attached hydrogens (tertiary/aromatic N) is 1. The summed E-state index contributed by atoms with van der Waals surface area (Å²) in [6, 6.07) is 8.75. The van der Waals surface area contributed by atoms with Crippen LogP contribution in [0.25, 0.3) is 0 Å². The van der Waals surface area contributed by atoms with Crippen LogP contribution in [0.1, 0.15) is 95.6 Å². The molecule has 188 valence electrons. The number of likely N-dealkylation sites (tertiary alicyclic amines) is 1. The third kappa shape index (κ3) is 5.60. The summed E-state index contributed by atoms with van der Waals surface area (Å²) >= 11 is 0. The van der Waals surface area contributed by atoms with Crippen molar-refractivity contribution >= 4 is 12.0 Å². The predicted molar refractivity (Wildman–Crippen MR) is 136 cm³/mol. The van der Waals surface area contributed by atoms with Gasteiger partial charge in [-0.2, -0.15) is 0 Å². The van der Waals surface area contributed by atoms with Crippen molar-refractivity contribution in [1.82, 2.24) is 10.2 Å². The molecule has 0 aromatic heterocycles. The number of rotatable bonds is 6. The van der Waals surface area contributed by atoms with Crippen LogP contribution >= 0.6 is 0 Å². The van der Waals surface area contributed by atoms with Crippen LogP contribution in [0.2, 0.25) is 0 Å². The zero-order valence-electron chi connectivity index (χ0n) is 21.4. The number of nitrogens with one attached hydrogen (secondary N) is 1. The predicted octanol–water partition coefficient (Wildman–Crippen LogP) is 6.22. The summed E-state index contributed by atoms with van der Waals surface area (Å²) in [6.07, 6.45) is 10.2. The van der Waals surface area contributed by atoms with Crippen LogP contribution in [0.4, 0.5) is 4.79 Å². The molecule has 2 amide bonds. The monoisotopic (exact) mass is 468 g/mol. The summed E-state index contributed by atoms with van der Waals surface area (Å²) < 4.78 is 0. The van der Waals surface area contributed by atoms with Crippen LogP contribution in [-0.2, 0) is 11.2 Å². The Hall–Kier alpha value is -2.04. The molecule has 5 heteroatoms. The molecule has 1 spiro atoms. The van der Waals surface area contributed by atoms with E-state index in [4.69, 9.17) is 0 Å². The van der Waals surface area contributed by atoms with E-state index in [-0.39, 0.29) is 29.8 Å². The number of amides is 2. The van der Waals surface area contributed by atoms with E-state index in [0.717, 1.165) is 51.1 Å². The maximum Gasteiger partial charge on any atom is 0.317 e. The first-order chi connectivity index (χ1) is 16.3. The lowest BCUT2D eigenvalue weighted by Gasteiger charge is -2.47. The number of benzene rings is 1. The van der Waals surface area contributed by atoms with E-state index < -0.39 is 5.97 Å². The number of piperidine rings is 1. The van der Waals surface area contributed by atoms with Gasteiger partial charge in [-0.3, -0.25) is 4.79 Å². The van der Waals surface area contributed by atoms with E-state index in [2.05, 4.69) is 44.3 Å². The van der Waals surface area contributed by atoms with Crippen LogP contribution in [0.15, 0.2) is 24.3 Å². The quantitative estimate of drug-likeness (QED) is 0.520. The van der Waals surface area contributed by atoms with Gasteiger partial charge in [0.05, 0.1) is 6.42 Å².